The second kappa shape index (κ2) is 11.7. The van der Waals surface area contributed by atoms with Crippen molar-refractivity contribution in [1.29, 1.82) is 0 Å². The van der Waals surface area contributed by atoms with Crippen molar-refractivity contribution < 1.29 is 19.1 Å². The van der Waals surface area contributed by atoms with Gasteiger partial charge in [-0.05, 0) is 42.7 Å². The molecule has 7 heteroatoms. The average Bonchev–Trinajstić information content (AvgIpc) is 3.07. The van der Waals surface area contributed by atoms with Gasteiger partial charge in [-0.2, -0.15) is 0 Å². The number of esters is 1. The van der Waals surface area contributed by atoms with Crippen molar-refractivity contribution in [3.63, 3.8) is 0 Å². The molecule has 0 radical (unpaired) electrons. The summed E-state index contributed by atoms with van der Waals surface area (Å²) in [5, 5.41) is 5.21. The number of ether oxygens (including phenoxy) is 1. The van der Waals surface area contributed by atoms with E-state index in [2.05, 4.69) is 15.5 Å². The predicted molar refractivity (Wildman–Crippen MR) is 120 cm³/mol. The van der Waals surface area contributed by atoms with Crippen LogP contribution in [0.2, 0.25) is 0 Å². The van der Waals surface area contributed by atoms with Gasteiger partial charge in [-0.25, -0.2) is 0 Å². The quantitative estimate of drug-likeness (QED) is 0.638. The van der Waals surface area contributed by atoms with Crippen LogP contribution >= 0.6 is 0 Å². The molecule has 3 rings (SSSR count). The first-order valence-electron chi connectivity index (χ1n) is 10.7. The minimum absolute atomic E-state index is 0.183. The van der Waals surface area contributed by atoms with Gasteiger partial charge in [0.05, 0.1) is 6.42 Å². The Morgan fingerprint density at radius 1 is 0.839 bits per heavy atom. The second-order valence-electron chi connectivity index (χ2n) is 7.60. The van der Waals surface area contributed by atoms with E-state index in [1.54, 1.807) is 0 Å². The van der Waals surface area contributed by atoms with E-state index < -0.39 is 18.5 Å². The van der Waals surface area contributed by atoms with Gasteiger partial charge >= 0.3 is 5.97 Å². The van der Waals surface area contributed by atoms with Gasteiger partial charge in [0.2, 0.25) is 5.91 Å². The third-order valence-corrected chi connectivity index (χ3v) is 5.12. The molecule has 2 amide bonds. The Morgan fingerprint density at radius 3 is 2.19 bits per heavy atom. The van der Waals surface area contributed by atoms with Crippen LogP contribution in [0.4, 0.5) is 11.4 Å². The summed E-state index contributed by atoms with van der Waals surface area (Å²) in [5.41, 5.74) is 2.66. The molecule has 0 spiro atoms. The van der Waals surface area contributed by atoms with Gasteiger partial charge in [0, 0.05) is 24.5 Å². The van der Waals surface area contributed by atoms with Gasteiger partial charge in [0.15, 0.2) is 6.61 Å². The fraction of sp³-hybridized carbons (Fsp3) is 0.375. The summed E-state index contributed by atoms with van der Waals surface area (Å²) >= 11 is 0. The van der Waals surface area contributed by atoms with Crippen molar-refractivity contribution in [1.82, 2.24) is 5.32 Å². The number of anilines is 2. The van der Waals surface area contributed by atoms with E-state index in [-0.39, 0.29) is 18.9 Å². The highest BCUT2D eigenvalue weighted by Crippen LogP contribution is 2.21. The molecule has 2 aromatic rings. The molecule has 0 aromatic heterocycles. The van der Waals surface area contributed by atoms with Crippen LogP contribution in [0.25, 0.3) is 0 Å². The van der Waals surface area contributed by atoms with Crippen molar-refractivity contribution >= 4 is 29.2 Å². The number of benzene rings is 2. The van der Waals surface area contributed by atoms with E-state index in [0.717, 1.165) is 24.3 Å². The van der Waals surface area contributed by atoms with Crippen molar-refractivity contribution in [3.05, 3.63) is 60.2 Å². The van der Waals surface area contributed by atoms with E-state index >= 15 is 0 Å². The summed E-state index contributed by atoms with van der Waals surface area (Å²) in [5.74, 6) is -1.36. The lowest BCUT2D eigenvalue weighted by Crippen LogP contribution is -2.33. The number of carbonyl (C=O) groups excluding carboxylic acids is 3. The van der Waals surface area contributed by atoms with Gasteiger partial charge in [0.25, 0.3) is 5.91 Å². The Bertz CT molecular complexity index is 860. The van der Waals surface area contributed by atoms with E-state index in [1.807, 2.05) is 54.6 Å². The first kappa shape index (κ1) is 22.3. The normalized spacial score (nSPS) is 13.7. The monoisotopic (exact) mass is 423 g/mol. The third-order valence-electron chi connectivity index (χ3n) is 5.12. The zero-order valence-corrected chi connectivity index (χ0v) is 17.6. The van der Waals surface area contributed by atoms with Crippen LogP contribution in [0.3, 0.4) is 0 Å². The van der Waals surface area contributed by atoms with Crippen LogP contribution < -0.4 is 15.5 Å². The molecule has 1 aliphatic heterocycles. The number of rotatable bonds is 8. The van der Waals surface area contributed by atoms with Crippen LogP contribution in [-0.2, 0) is 25.5 Å². The van der Waals surface area contributed by atoms with Crippen molar-refractivity contribution in [2.75, 3.05) is 36.5 Å². The molecule has 164 valence electrons. The van der Waals surface area contributed by atoms with E-state index in [9.17, 15) is 14.4 Å². The lowest BCUT2D eigenvalue weighted by atomic mass is 10.1. The molecule has 1 fully saturated rings. The highest BCUT2D eigenvalue weighted by atomic mass is 16.5. The first-order chi connectivity index (χ1) is 15.1. The van der Waals surface area contributed by atoms with Crippen LogP contribution in [0.5, 0.6) is 0 Å². The lowest BCUT2D eigenvalue weighted by Gasteiger charge is -2.22. The maximum atomic E-state index is 12.0. The smallest absolute Gasteiger partial charge is 0.325 e. The van der Waals surface area contributed by atoms with Gasteiger partial charge < -0.3 is 20.3 Å². The number of hydrogen-bond donors (Lipinski definition) is 2. The third kappa shape index (κ3) is 7.77. The first-order valence-corrected chi connectivity index (χ1v) is 10.7. The Labute approximate surface area is 182 Å². The maximum Gasteiger partial charge on any atom is 0.325 e. The summed E-state index contributed by atoms with van der Waals surface area (Å²) < 4.78 is 4.94. The van der Waals surface area contributed by atoms with Gasteiger partial charge in [-0.1, -0.05) is 43.2 Å². The molecule has 0 saturated carbocycles. The molecule has 0 aliphatic carbocycles. The fourth-order valence-electron chi connectivity index (χ4n) is 3.49. The number of nitrogens with zero attached hydrogens (tertiary/aromatic N) is 1. The minimum Gasteiger partial charge on any atom is -0.454 e. The molecule has 2 aromatic carbocycles. The zero-order valence-electron chi connectivity index (χ0n) is 17.6. The summed E-state index contributed by atoms with van der Waals surface area (Å²) in [4.78, 5) is 38.0. The van der Waals surface area contributed by atoms with E-state index in [4.69, 9.17) is 4.74 Å². The standard InChI is InChI=1S/C24H29N3O4/c28-22(16-19-8-4-3-5-9-19)25-17-24(30)31-18-23(29)26-20-10-12-21(13-11-20)27-14-6-1-2-7-15-27/h3-5,8-13H,1-2,6-7,14-18H2,(H,25,28)(H,26,29). The largest absolute Gasteiger partial charge is 0.454 e. The summed E-state index contributed by atoms with van der Waals surface area (Å²) in [6.45, 7) is 1.44. The minimum atomic E-state index is -0.659. The molecule has 0 bridgehead atoms. The summed E-state index contributed by atoms with van der Waals surface area (Å²) in [6, 6.07) is 16.9. The molecule has 2 N–H and O–H groups in total. The van der Waals surface area contributed by atoms with Crippen molar-refractivity contribution in [2.45, 2.75) is 32.1 Å². The van der Waals surface area contributed by atoms with E-state index in [0.29, 0.717) is 5.69 Å². The molecular weight excluding hydrogens is 394 g/mol. The van der Waals surface area contributed by atoms with Crippen LogP contribution in [0, 0.1) is 0 Å². The molecular formula is C24H29N3O4. The number of nitrogens with one attached hydrogen (secondary N) is 2. The van der Waals surface area contributed by atoms with Crippen molar-refractivity contribution in [2.24, 2.45) is 0 Å². The highest BCUT2D eigenvalue weighted by molar-refractivity contribution is 5.93. The molecule has 0 atom stereocenters. The SMILES string of the molecule is O=C(Cc1ccccc1)NCC(=O)OCC(=O)Nc1ccc(N2CCCCCC2)cc1. The van der Waals surface area contributed by atoms with Crippen LogP contribution in [-0.4, -0.2) is 44.0 Å². The summed E-state index contributed by atoms with van der Waals surface area (Å²) in [6.07, 6.45) is 5.15. The van der Waals surface area contributed by atoms with Gasteiger partial charge in [0.1, 0.15) is 6.54 Å². The molecule has 1 aliphatic rings. The van der Waals surface area contributed by atoms with E-state index in [1.165, 1.54) is 25.7 Å². The van der Waals surface area contributed by atoms with Gasteiger partial charge in [-0.3, -0.25) is 14.4 Å². The number of hydrogen-bond acceptors (Lipinski definition) is 5. The molecule has 31 heavy (non-hydrogen) atoms. The Kier molecular flexibility index (Phi) is 8.46. The Hall–Kier alpha value is -3.35. The summed E-state index contributed by atoms with van der Waals surface area (Å²) in [7, 11) is 0. The molecule has 7 nitrogen and oxygen atoms in total. The molecule has 0 unspecified atom stereocenters. The van der Waals surface area contributed by atoms with Crippen LogP contribution in [0.15, 0.2) is 54.6 Å². The Morgan fingerprint density at radius 2 is 1.52 bits per heavy atom. The molecule has 1 saturated heterocycles. The average molecular weight is 424 g/mol. The highest BCUT2D eigenvalue weighted by Gasteiger charge is 2.12. The van der Waals surface area contributed by atoms with Gasteiger partial charge in [-0.15, -0.1) is 0 Å². The maximum absolute atomic E-state index is 12.0. The zero-order chi connectivity index (χ0) is 21.9. The second-order valence-corrected chi connectivity index (χ2v) is 7.60. The predicted octanol–water partition coefficient (Wildman–Crippen LogP) is 2.91. The fourth-order valence-corrected chi connectivity index (χ4v) is 3.49. The van der Waals surface area contributed by atoms with Crippen LogP contribution in [0.1, 0.15) is 31.2 Å². The number of amides is 2. The topological polar surface area (TPSA) is 87.7 Å². The Balaban J connectivity index is 1.35. The van der Waals surface area contributed by atoms with Crippen molar-refractivity contribution in [3.8, 4) is 0 Å². The number of carbonyl (C=O) groups is 3. The molecule has 1 heterocycles. The lowest BCUT2D eigenvalue weighted by molar-refractivity contribution is -0.147.